The average molecular weight is 444 g/mol. The second-order valence-electron chi connectivity index (χ2n) is 7.12. The quantitative estimate of drug-likeness (QED) is 0.497. The maximum atomic E-state index is 10.9. The van der Waals surface area contributed by atoms with E-state index in [-0.39, 0.29) is 12.2 Å². The van der Waals surface area contributed by atoms with Crippen LogP contribution in [0, 0.1) is 0 Å². The Hall–Kier alpha value is -1.80. The Morgan fingerprint density at radius 2 is 0.900 bits per heavy atom. The highest BCUT2D eigenvalue weighted by Gasteiger charge is 2.23. The van der Waals surface area contributed by atoms with Crippen molar-refractivity contribution >= 4 is 31.7 Å². The van der Waals surface area contributed by atoms with E-state index in [1.54, 1.807) is 27.7 Å². The Balaban J connectivity index is 0.000000252. The van der Waals surface area contributed by atoms with Gasteiger partial charge in [0.2, 0.25) is 0 Å². The van der Waals surface area contributed by atoms with Crippen LogP contribution in [0.2, 0.25) is 0 Å². The van der Waals surface area contributed by atoms with Gasteiger partial charge in [-0.1, -0.05) is 91.0 Å². The third-order valence-electron chi connectivity index (χ3n) is 3.73. The lowest BCUT2D eigenvalue weighted by molar-refractivity contribution is 0.0985. The van der Waals surface area contributed by atoms with Crippen LogP contribution in [0.1, 0.15) is 27.7 Å². The number of hydrogen-bond acceptors (Lipinski definition) is 3. The molecular weight excluding hydrogens is 414 g/mol. The lowest BCUT2D eigenvalue weighted by Crippen LogP contribution is -2.20. The summed E-state index contributed by atoms with van der Waals surface area (Å²) in [5.74, 6) is 0. The summed E-state index contributed by atoms with van der Waals surface area (Å²) in [7, 11) is -4.25. The fourth-order valence-electron chi connectivity index (χ4n) is 2.74. The minimum Gasteiger partial charge on any atom is -0.302 e. The fourth-order valence-corrected chi connectivity index (χ4v) is 6.16. The molecule has 0 aromatic heterocycles. The molecule has 0 bridgehead atoms. The molecule has 0 amide bonds. The minimum absolute atomic E-state index is 0.301. The maximum Gasteiger partial charge on any atom is 0.472 e. The Bertz CT molecular complexity index is 792. The van der Waals surface area contributed by atoms with Gasteiger partial charge in [0.05, 0.1) is 12.2 Å². The Kier molecular flexibility index (Phi) is 9.91. The monoisotopic (exact) mass is 444 g/mol. The van der Waals surface area contributed by atoms with Crippen LogP contribution in [0.4, 0.5) is 0 Å². The van der Waals surface area contributed by atoms with Crippen molar-refractivity contribution in [3.63, 3.8) is 0 Å². The molecule has 0 aliphatic heterocycles. The van der Waals surface area contributed by atoms with Gasteiger partial charge in [0.15, 0.2) is 0 Å². The van der Waals surface area contributed by atoms with Crippen molar-refractivity contribution in [1.82, 2.24) is 0 Å². The first-order chi connectivity index (χ1) is 14.3. The molecule has 160 valence electrons. The highest BCUT2D eigenvalue weighted by Crippen LogP contribution is 2.45. The molecule has 3 aromatic carbocycles. The largest absolute Gasteiger partial charge is 0.472 e. The third-order valence-corrected chi connectivity index (χ3v) is 7.55. The molecule has 0 fully saturated rings. The number of rotatable bonds is 7. The van der Waals surface area contributed by atoms with E-state index in [4.69, 9.17) is 4.89 Å². The van der Waals surface area contributed by atoms with Crippen LogP contribution in [0.25, 0.3) is 0 Å². The van der Waals surface area contributed by atoms with Gasteiger partial charge in [-0.15, -0.1) is 0 Å². The van der Waals surface area contributed by atoms with Crippen molar-refractivity contribution in [2.45, 2.75) is 39.9 Å². The summed E-state index contributed by atoms with van der Waals surface area (Å²) >= 11 is 0. The lowest BCUT2D eigenvalue weighted by atomic mass is 10.4. The number of hydrogen-bond donors (Lipinski definition) is 1. The summed E-state index contributed by atoms with van der Waals surface area (Å²) in [6.07, 6.45) is -0.603. The average Bonchev–Trinajstić information content (AvgIpc) is 2.69. The minimum atomic E-state index is -3.80. The normalized spacial score (nSPS) is 11.5. The molecule has 0 saturated heterocycles. The van der Waals surface area contributed by atoms with Gasteiger partial charge in [-0.25, -0.2) is 4.57 Å². The highest BCUT2D eigenvalue weighted by atomic mass is 31.2. The van der Waals surface area contributed by atoms with Gasteiger partial charge < -0.3 is 4.89 Å². The molecule has 0 aliphatic rings. The molecular formula is C24H30O4P2. The molecule has 0 atom stereocenters. The van der Waals surface area contributed by atoms with Crippen LogP contribution in [-0.4, -0.2) is 17.1 Å². The van der Waals surface area contributed by atoms with Crippen LogP contribution in [0.5, 0.6) is 0 Å². The summed E-state index contributed by atoms with van der Waals surface area (Å²) in [6.45, 7) is 6.69. The molecule has 1 N–H and O–H groups in total. The Labute approximate surface area is 181 Å². The van der Waals surface area contributed by atoms with E-state index in [0.29, 0.717) is 0 Å². The van der Waals surface area contributed by atoms with Crippen molar-refractivity contribution in [2.75, 3.05) is 0 Å². The molecule has 30 heavy (non-hydrogen) atoms. The lowest BCUT2D eigenvalue weighted by Gasteiger charge is -2.18. The summed E-state index contributed by atoms with van der Waals surface area (Å²) in [5, 5.41) is 4.19. The molecule has 0 spiro atoms. The third kappa shape index (κ3) is 8.52. The van der Waals surface area contributed by atoms with Gasteiger partial charge in [-0.05, 0) is 51.5 Å². The van der Waals surface area contributed by atoms with E-state index in [1.807, 2.05) is 0 Å². The van der Waals surface area contributed by atoms with Crippen molar-refractivity contribution < 1.29 is 18.5 Å². The predicted octanol–water partition coefficient (Wildman–Crippen LogP) is 5.38. The van der Waals surface area contributed by atoms with Gasteiger partial charge in [0.25, 0.3) is 0 Å². The van der Waals surface area contributed by atoms with Crippen molar-refractivity contribution in [3.05, 3.63) is 91.0 Å². The second-order valence-corrected chi connectivity index (χ2v) is 10.7. The maximum absolute atomic E-state index is 10.9. The highest BCUT2D eigenvalue weighted by molar-refractivity contribution is 7.79. The van der Waals surface area contributed by atoms with Crippen molar-refractivity contribution in [1.29, 1.82) is 0 Å². The standard InChI is InChI=1S/C18H15P.C6H15O4P/c1-4-10-16(11-5-1)19(17-12-6-2-7-13-17)18-14-8-3-9-15-18;1-5(2)9-11(7,8)10-6(3)4/h1-15H;5-6H,1-4H3,(H,7,8). The van der Waals surface area contributed by atoms with Gasteiger partial charge in [-0.2, -0.15) is 0 Å². The van der Waals surface area contributed by atoms with Gasteiger partial charge >= 0.3 is 7.82 Å². The molecule has 3 aromatic rings. The molecule has 0 saturated carbocycles. The van der Waals surface area contributed by atoms with E-state index in [9.17, 15) is 4.57 Å². The first-order valence-corrected chi connectivity index (χ1v) is 12.8. The fraction of sp³-hybridized carbons (Fsp3) is 0.250. The predicted molar refractivity (Wildman–Crippen MR) is 127 cm³/mol. The van der Waals surface area contributed by atoms with Crippen LogP contribution in [-0.2, 0) is 13.6 Å². The Morgan fingerprint density at radius 1 is 0.633 bits per heavy atom. The summed E-state index contributed by atoms with van der Waals surface area (Å²) in [6, 6.07) is 32.3. The van der Waals surface area contributed by atoms with Gasteiger partial charge in [-0.3, -0.25) is 9.05 Å². The number of phosphoric ester groups is 1. The second kappa shape index (κ2) is 12.2. The van der Waals surface area contributed by atoms with Crippen molar-refractivity contribution in [3.8, 4) is 0 Å². The molecule has 6 heteroatoms. The topological polar surface area (TPSA) is 55.8 Å². The molecule has 3 rings (SSSR count). The first kappa shape index (κ1) is 24.5. The van der Waals surface area contributed by atoms with E-state index >= 15 is 0 Å². The van der Waals surface area contributed by atoms with Crippen LogP contribution >= 0.6 is 15.7 Å². The SMILES string of the molecule is CC(C)OP(=O)(O)OC(C)C.c1ccc(P(c2ccccc2)c2ccccc2)cc1. The van der Waals surface area contributed by atoms with Crippen LogP contribution < -0.4 is 15.9 Å². The van der Waals surface area contributed by atoms with Crippen LogP contribution in [0.3, 0.4) is 0 Å². The first-order valence-electron chi connectivity index (χ1n) is 9.93. The summed E-state index contributed by atoms with van der Waals surface area (Å²) in [4.78, 5) is 8.97. The van der Waals surface area contributed by atoms with E-state index in [0.717, 1.165) is 0 Å². The molecule has 0 unspecified atom stereocenters. The van der Waals surface area contributed by atoms with Crippen molar-refractivity contribution in [2.24, 2.45) is 0 Å². The summed E-state index contributed by atoms with van der Waals surface area (Å²) < 4.78 is 20.2. The number of phosphoric acid groups is 1. The van der Waals surface area contributed by atoms with E-state index in [2.05, 4.69) is 100 Å². The Morgan fingerprint density at radius 3 is 1.13 bits per heavy atom. The molecule has 0 radical (unpaired) electrons. The molecule has 4 nitrogen and oxygen atoms in total. The van der Waals surface area contributed by atoms with E-state index in [1.165, 1.54) is 15.9 Å². The van der Waals surface area contributed by atoms with E-state index < -0.39 is 15.7 Å². The van der Waals surface area contributed by atoms with Crippen LogP contribution in [0.15, 0.2) is 91.0 Å². The molecule has 0 heterocycles. The van der Waals surface area contributed by atoms with Gasteiger partial charge in [0, 0.05) is 0 Å². The zero-order valence-electron chi connectivity index (χ0n) is 17.9. The zero-order chi connectivity index (χ0) is 22.0. The zero-order valence-corrected chi connectivity index (χ0v) is 19.7. The number of benzene rings is 3. The van der Waals surface area contributed by atoms with Gasteiger partial charge in [0.1, 0.15) is 0 Å². The molecule has 0 aliphatic carbocycles. The smallest absolute Gasteiger partial charge is 0.302 e. The summed E-state index contributed by atoms with van der Waals surface area (Å²) in [5.41, 5.74) is 0.